The normalized spacial score (nSPS) is 17.9. The van der Waals surface area contributed by atoms with Crippen molar-refractivity contribution in [1.82, 2.24) is 25.0 Å². The second-order valence-electron chi connectivity index (χ2n) is 5.28. The van der Waals surface area contributed by atoms with Crippen molar-refractivity contribution in [2.45, 2.75) is 12.3 Å². The molecule has 1 fully saturated rings. The molecule has 2 aromatic heterocycles. The quantitative estimate of drug-likeness (QED) is 0.766. The van der Waals surface area contributed by atoms with Gasteiger partial charge in [-0.05, 0) is 18.6 Å². The van der Waals surface area contributed by atoms with Crippen molar-refractivity contribution in [1.29, 1.82) is 0 Å². The molecule has 3 heterocycles. The third kappa shape index (κ3) is 2.25. The zero-order chi connectivity index (χ0) is 14.9. The summed E-state index contributed by atoms with van der Waals surface area (Å²) in [4.78, 5) is 16.6. The molecule has 22 heavy (non-hydrogen) atoms. The smallest absolute Gasteiger partial charge is 0.271 e. The van der Waals surface area contributed by atoms with Gasteiger partial charge in [-0.3, -0.25) is 15.0 Å². The Bertz CT molecular complexity index is 827. The largest absolute Gasteiger partial charge is 0.381 e. The fraction of sp³-hybridized carbons (Fsp3) is 0.267. The Morgan fingerprint density at radius 2 is 2.14 bits per heavy atom. The van der Waals surface area contributed by atoms with E-state index in [1.165, 1.54) is 10.7 Å². The number of hydrogen-bond acceptors (Lipinski definition) is 4. The Balaban J connectivity index is 1.68. The maximum absolute atomic E-state index is 12.1. The molecule has 0 saturated carbocycles. The third-order valence-corrected chi connectivity index (χ3v) is 3.79. The second-order valence-corrected chi connectivity index (χ2v) is 5.28. The van der Waals surface area contributed by atoms with Crippen molar-refractivity contribution in [2.75, 3.05) is 13.2 Å². The van der Waals surface area contributed by atoms with Crippen LogP contribution in [0.1, 0.15) is 18.2 Å². The van der Waals surface area contributed by atoms with Gasteiger partial charge in [-0.25, -0.2) is 9.67 Å². The van der Waals surface area contributed by atoms with Gasteiger partial charge in [-0.15, -0.1) is 0 Å². The highest BCUT2D eigenvalue weighted by Crippen LogP contribution is 2.23. The van der Waals surface area contributed by atoms with Crippen LogP contribution >= 0.6 is 0 Å². The Morgan fingerprint density at radius 3 is 2.91 bits per heavy atom. The van der Waals surface area contributed by atoms with Gasteiger partial charge in [0.25, 0.3) is 5.56 Å². The Kier molecular flexibility index (Phi) is 3.12. The molecule has 0 unspecified atom stereocenters. The zero-order valence-corrected chi connectivity index (χ0v) is 11.8. The third-order valence-electron chi connectivity index (χ3n) is 3.79. The van der Waals surface area contributed by atoms with Crippen LogP contribution < -0.4 is 5.56 Å². The van der Waals surface area contributed by atoms with Crippen LogP contribution in [0.2, 0.25) is 0 Å². The van der Waals surface area contributed by atoms with Crippen molar-refractivity contribution in [3.05, 3.63) is 52.6 Å². The van der Waals surface area contributed by atoms with Gasteiger partial charge in [0, 0.05) is 18.6 Å². The molecule has 0 amide bonds. The van der Waals surface area contributed by atoms with Crippen LogP contribution in [0.25, 0.3) is 17.2 Å². The molecule has 1 aromatic carbocycles. The number of aromatic amines is 2. The van der Waals surface area contributed by atoms with Crippen molar-refractivity contribution in [3.8, 4) is 17.2 Å². The average molecular weight is 297 g/mol. The summed E-state index contributed by atoms with van der Waals surface area (Å²) in [6, 6.07) is 10.9. The lowest BCUT2D eigenvalue weighted by Gasteiger charge is -2.00. The Morgan fingerprint density at radius 1 is 1.27 bits per heavy atom. The highest BCUT2D eigenvalue weighted by molar-refractivity contribution is 5.48. The van der Waals surface area contributed by atoms with Crippen LogP contribution in [0.5, 0.6) is 0 Å². The van der Waals surface area contributed by atoms with Gasteiger partial charge in [0.1, 0.15) is 11.5 Å². The van der Waals surface area contributed by atoms with Gasteiger partial charge in [0.15, 0.2) is 5.82 Å². The van der Waals surface area contributed by atoms with Crippen LogP contribution in [-0.2, 0) is 4.74 Å². The van der Waals surface area contributed by atoms with E-state index in [1.54, 1.807) is 0 Å². The first-order valence-electron chi connectivity index (χ1n) is 7.19. The number of rotatable bonds is 3. The van der Waals surface area contributed by atoms with E-state index < -0.39 is 0 Å². The summed E-state index contributed by atoms with van der Waals surface area (Å²) in [7, 11) is 0. The van der Waals surface area contributed by atoms with Crippen LogP contribution in [0.4, 0.5) is 0 Å². The average Bonchev–Trinajstić information content (AvgIpc) is 3.28. The second kappa shape index (κ2) is 5.27. The summed E-state index contributed by atoms with van der Waals surface area (Å²) in [5.41, 5.74) is 1.23. The molecule has 7 heteroatoms. The fourth-order valence-corrected chi connectivity index (χ4v) is 2.61. The fourth-order valence-electron chi connectivity index (χ4n) is 2.61. The highest BCUT2D eigenvalue weighted by atomic mass is 16.5. The lowest BCUT2D eigenvalue weighted by molar-refractivity contribution is 0.193. The molecule has 7 nitrogen and oxygen atoms in total. The summed E-state index contributed by atoms with van der Waals surface area (Å²) in [5, 5.41) is 10.2. The lowest BCUT2D eigenvalue weighted by atomic mass is 10.1. The monoisotopic (exact) mass is 297 g/mol. The molecular weight excluding hydrogens is 282 g/mol. The number of para-hydroxylation sites is 1. The number of benzene rings is 1. The lowest BCUT2D eigenvalue weighted by Crippen LogP contribution is -2.12. The van der Waals surface area contributed by atoms with Crippen LogP contribution in [0, 0.1) is 0 Å². The topological polar surface area (TPSA) is 88.6 Å². The minimum absolute atomic E-state index is 0.142. The van der Waals surface area contributed by atoms with E-state index in [2.05, 4.69) is 20.3 Å². The summed E-state index contributed by atoms with van der Waals surface area (Å²) in [6.07, 6.45) is 0.941. The molecule has 3 aromatic rings. The van der Waals surface area contributed by atoms with Gasteiger partial charge >= 0.3 is 0 Å². The van der Waals surface area contributed by atoms with Crippen LogP contribution in [-0.4, -0.2) is 38.2 Å². The SMILES string of the molecule is O=c1cc(-c2n[nH]c([C@@H]3CCOC3)n2)[nH]n1-c1ccccc1. The minimum Gasteiger partial charge on any atom is -0.381 e. The molecule has 1 saturated heterocycles. The first-order chi connectivity index (χ1) is 10.8. The van der Waals surface area contributed by atoms with E-state index >= 15 is 0 Å². The molecule has 0 bridgehead atoms. The molecular formula is C15H15N5O2. The number of nitrogens with one attached hydrogen (secondary N) is 2. The van der Waals surface area contributed by atoms with E-state index in [4.69, 9.17) is 4.74 Å². The van der Waals surface area contributed by atoms with Crippen molar-refractivity contribution in [3.63, 3.8) is 0 Å². The number of hydrogen-bond donors (Lipinski definition) is 2. The Hall–Kier alpha value is -2.67. The number of aromatic nitrogens is 5. The first kappa shape index (κ1) is 13.0. The molecule has 112 valence electrons. The van der Waals surface area contributed by atoms with Crippen LogP contribution in [0.3, 0.4) is 0 Å². The first-order valence-corrected chi connectivity index (χ1v) is 7.19. The van der Waals surface area contributed by atoms with Gasteiger partial charge < -0.3 is 4.74 Å². The van der Waals surface area contributed by atoms with Crippen molar-refractivity contribution in [2.24, 2.45) is 0 Å². The van der Waals surface area contributed by atoms with Gasteiger partial charge in [-0.1, -0.05) is 18.2 Å². The predicted octanol–water partition coefficient (Wildman–Crippen LogP) is 1.45. The van der Waals surface area contributed by atoms with E-state index in [-0.39, 0.29) is 11.5 Å². The molecule has 0 aliphatic carbocycles. The maximum Gasteiger partial charge on any atom is 0.271 e. The zero-order valence-electron chi connectivity index (χ0n) is 11.8. The molecule has 1 aliphatic heterocycles. The highest BCUT2D eigenvalue weighted by Gasteiger charge is 2.22. The summed E-state index contributed by atoms with van der Waals surface area (Å²) < 4.78 is 6.83. The number of H-pyrrole nitrogens is 2. The molecule has 2 N–H and O–H groups in total. The molecule has 4 rings (SSSR count). The van der Waals surface area contributed by atoms with E-state index in [0.29, 0.717) is 18.1 Å². The summed E-state index contributed by atoms with van der Waals surface area (Å²) in [5.74, 6) is 1.55. The molecule has 1 aliphatic rings. The van der Waals surface area contributed by atoms with E-state index in [9.17, 15) is 4.79 Å². The van der Waals surface area contributed by atoms with E-state index in [0.717, 1.165) is 24.5 Å². The summed E-state index contributed by atoms with van der Waals surface area (Å²) in [6.45, 7) is 1.41. The number of nitrogens with zero attached hydrogens (tertiary/aromatic N) is 3. The number of ether oxygens (including phenoxy) is 1. The predicted molar refractivity (Wildman–Crippen MR) is 79.9 cm³/mol. The minimum atomic E-state index is -0.142. The Labute approximate surface area is 125 Å². The van der Waals surface area contributed by atoms with Crippen molar-refractivity contribution >= 4 is 0 Å². The molecule has 0 radical (unpaired) electrons. The molecule has 0 spiro atoms. The van der Waals surface area contributed by atoms with Gasteiger partial charge in [0.2, 0.25) is 0 Å². The van der Waals surface area contributed by atoms with Crippen LogP contribution in [0.15, 0.2) is 41.2 Å². The van der Waals surface area contributed by atoms with Gasteiger partial charge in [-0.2, -0.15) is 5.10 Å². The summed E-state index contributed by atoms with van der Waals surface area (Å²) >= 11 is 0. The van der Waals surface area contributed by atoms with Crippen molar-refractivity contribution < 1.29 is 4.74 Å². The van der Waals surface area contributed by atoms with Gasteiger partial charge in [0.05, 0.1) is 12.3 Å². The maximum atomic E-state index is 12.1. The molecule has 1 atom stereocenters. The standard InChI is InChI=1S/C15H15N5O2/c21-13-8-12(19-20(13)11-4-2-1-3-5-11)15-16-14(17-18-15)10-6-7-22-9-10/h1-5,8,10,19H,6-7,9H2,(H,16,17,18)/t10-/m1/s1. The van der Waals surface area contributed by atoms with E-state index in [1.807, 2.05) is 30.3 Å².